The molecular weight excluding hydrogens is 330 g/mol. The highest BCUT2D eigenvalue weighted by atomic mass is 32.2. The van der Waals surface area contributed by atoms with Crippen LogP contribution in [0.4, 0.5) is 0 Å². The molecule has 1 aliphatic heterocycles. The normalized spacial score (nSPS) is 13.3. The van der Waals surface area contributed by atoms with Gasteiger partial charge in [-0.2, -0.15) is 0 Å². The van der Waals surface area contributed by atoms with Crippen molar-refractivity contribution in [3.8, 4) is 0 Å². The maximum atomic E-state index is 12.1. The lowest BCUT2D eigenvalue weighted by molar-refractivity contribution is 0.0530. The number of aliphatic imine (C=N–C) groups is 1. The molecule has 0 unspecified atom stereocenters. The predicted molar refractivity (Wildman–Crippen MR) is 105 cm³/mol. The van der Waals surface area contributed by atoms with Gasteiger partial charge >= 0.3 is 5.97 Å². The average Bonchev–Trinajstić information content (AvgIpc) is 3.01. The Morgan fingerprint density at radius 2 is 1.84 bits per heavy atom. The molecule has 0 aromatic heterocycles. The molecule has 0 N–H and O–H groups in total. The van der Waals surface area contributed by atoms with Crippen LogP contribution in [0.5, 0.6) is 0 Å². The van der Waals surface area contributed by atoms with Gasteiger partial charge in [0.15, 0.2) is 0 Å². The first-order chi connectivity index (χ1) is 11.9. The summed E-state index contributed by atoms with van der Waals surface area (Å²) in [6, 6.07) is 15.9. The maximum Gasteiger partial charge on any atom is 0.338 e. The van der Waals surface area contributed by atoms with Gasteiger partial charge in [0.1, 0.15) is 6.61 Å². The Bertz CT molecular complexity index is 788. The van der Waals surface area contributed by atoms with Gasteiger partial charge in [0.25, 0.3) is 0 Å². The highest BCUT2D eigenvalue weighted by molar-refractivity contribution is 8.14. The zero-order valence-electron chi connectivity index (χ0n) is 14.9. The number of fused-ring (bicyclic) bond motifs is 1. The van der Waals surface area contributed by atoms with Crippen molar-refractivity contribution < 1.29 is 9.53 Å². The van der Waals surface area contributed by atoms with Crippen molar-refractivity contribution in [1.29, 1.82) is 0 Å². The second kappa shape index (κ2) is 7.44. The molecule has 1 aliphatic rings. The summed E-state index contributed by atoms with van der Waals surface area (Å²) in [5.74, 6) is 0.439. The third-order valence-corrected chi connectivity index (χ3v) is 5.18. The number of carbonyl (C=O) groups excluding carboxylic acids is 1. The number of hydrogen-bond donors (Lipinski definition) is 0. The molecule has 1 heterocycles. The molecule has 2 aromatic rings. The molecule has 0 aliphatic carbocycles. The third-order valence-electron chi connectivity index (χ3n) is 4.18. The predicted octanol–water partition coefficient (Wildman–Crippen LogP) is 4.83. The van der Waals surface area contributed by atoms with E-state index in [4.69, 9.17) is 4.74 Å². The first-order valence-electron chi connectivity index (χ1n) is 8.48. The summed E-state index contributed by atoms with van der Waals surface area (Å²) in [5, 5.41) is 1.04. The Labute approximate surface area is 153 Å². The molecule has 3 rings (SSSR count). The molecule has 25 heavy (non-hydrogen) atoms. The van der Waals surface area contributed by atoms with Crippen molar-refractivity contribution in [3.63, 3.8) is 0 Å². The summed E-state index contributed by atoms with van der Waals surface area (Å²) in [7, 11) is 0. The SMILES string of the molecule is CC(C)(C)c1ccc(C(=O)OCCSC2=NCc3ccccc32)cc1. The number of carbonyl (C=O) groups is 1. The second-order valence-electron chi connectivity index (χ2n) is 7.09. The lowest BCUT2D eigenvalue weighted by Gasteiger charge is -2.18. The van der Waals surface area contributed by atoms with E-state index in [1.807, 2.05) is 36.4 Å². The van der Waals surface area contributed by atoms with Crippen LogP contribution in [0.2, 0.25) is 0 Å². The van der Waals surface area contributed by atoms with Gasteiger partial charge in [-0.1, -0.05) is 57.2 Å². The molecular formula is C21H23NO2S. The fourth-order valence-electron chi connectivity index (χ4n) is 2.69. The molecule has 0 saturated heterocycles. The molecule has 0 bridgehead atoms. The number of rotatable bonds is 4. The van der Waals surface area contributed by atoms with Crippen LogP contribution in [0.15, 0.2) is 53.5 Å². The molecule has 0 amide bonds. The maximum absolute atomic E-state index is 12.1. The van der Waals surface area contributed by atoms with Crippen LogP contribution in [-0.4, -0.2) is 23.4 Å². The summed E-state index contributed by atoms with van der Waals surface area (Å²) < 4.78 is 5.39. The Balaban J connectivity index is 1.47. The van der Waals surface area contributed by atoms with Gasteiger partial charge in [0, 0.05) is 11.3 Å². The first kappa shape index (κ1) is 17.7. The first-order valence-corrected chi connectivity index (χ1v) is 9.47. The van der Waals surface area contributed by atoms with Crippen molar-refractivity contribution in [2.45, 2.75) is 32.7 Å². The Kier molecular flexibility index (Phi) is 5.28. The minimum atomic E-state index is -0.269. The Morgan fingerprint density at radius 1 is 1.12 bits per heavy atom. The quantitative estimate of drug-likeness (QED) is 0.583. The topological polar surface area (TPSA) is 38.7 Å². The smallest absolute Gasteiger partial charge is 0.338 e. The van der Waals surface area contributed by atoms with Crippen molar-refractivity contribution in [2.75, 3.05) is 12.4 Å². The zero-order chi connectivity index (χ0) is 17.9. The lowest BCUT2D eigenvalue weighted by Crippen LogP contribution is -2.12. The average molecular weight is 353 g/mol. The minimum absolute atomic E-state index is 0.0807. The number of hydrogen-bond acceptors (Lipinski definition) is 4. The van der Waals surface area contributed by atoms with Gasteiger partial charge in [0.05, 0.1) is 17.2 Å². The molecule has 0 spiro atoms. The largest absolute Gasteiger partial charge is 0.461 e. The fourth-order valence-corrected chi connectivity index (χ4v) is 3.57. The molecule has 0 atom stereocenters. The third kappa shape index (κ3) is 4.31. The number of benzene rings is 2. The highest BCUT2D eigenvalue weighted by Crippen LogP contribution is 2.25. The Morgan fingerprint density at radius 3 is 2.56 bits per heavy atom. The van der Waals surface area contributed by atoms with Gasteiger partial charge < -0.3 is 4.74 Å². The number of esters is 1. The van der Waals surface area contributed by atoms with Gasteiger partial charge in [-0.05, 0) is 28.7 Å². The minimum Gasteiger partial charge on any atom is -0.461 e. The fraction of sp³-hybridized carbons (Fsp3) is 0.333. The van der Waals surface area contributed by atoms with Crippen LogP contribution in [0.25, 0.3) is 0 Å². The number of ether oxygens (including phenoxy) is 1. The van der Waals surface area contributed by atoms with Gasteiger partial charge in [-0.15, -0.1) is 11.8 Å². The summed E-state index contributed by atoms with van der Waals surface area (Å²) in [6.45, 7) is 7.59. The van der Waals surface area contributed by atoms with Crippen LogP contribution in [-0.2, 0) is 16.7 Å². The molecule has 4 heteroatoms. The molecule has 0 saturated carbocycles. The lowest BCUT2D eigenvalue weighted by atomic mass is 9.87. The van der Waals surface area contributed by atoms with Crippen molar-refractivity contribution in [2.24, 2.45) is 4.99 Å². The molecule has 2 aromatic carbocycles. The van der Waals surface area contributed by atoms with Crippen LogP contribution in [0.3, 0.4) is 0 Å². The van der Waals surface area contributed by atoms with Crippen LogP contribution < -0.4 is 0 Å². The van der Waals surface area contributed by atoms with Crippen molar-refractivity contribution >= 4 is 22.8 Å². The van der Waals surface area contributed by atoms with E-state index in [0.717, 1.165) is 11.6 Å². The highest BCUT2D eigenvalue weighted by Gasteiger charge is 2.16. The van der Waals surface area contributed by atoms with Crippen LogP contribution in [0, 0.1) is 0 Å². The summed E-state index contributed by atoms with van der Waals surface area (Å²) in [5.41, 5.74) is 4.36. The van der Waals surface area contributed by atoms with Crippen molar-refractivity contribution in [3.05, 3.63) is 70.8 Å². The number of nitrogens with zero attached hydrogens (tertiary/aromatic N) is 1. The summed E-state index contributed by atoms with van der Waals surface area (Å²) >= 11 is 1.64. The van der Waals surface area contributed by atoms with E-state index in [-0.39, 0.29) is 11.4 Å². The van der Waals surface area contributed by atoms with Gasteiger partial charge in [-0.3, -0.25) is 4.99 Å². The van der Waals surface area contributed by atoms with Gasteiger partial charge in [0.2, 0.25) is 0 Å². The van der Waals surface area contributed by atoms with E-state index >= 15 is 0 Å². The summed E-state index contributed by atoms with van der Waals surface area (Å²) in [6.07, 6.45) is 0. The number of thioether (sulfide) groups is 1. The summed E-state index contributed by atoms with van der Waals surface area (Å²) in [4.78, 5) is 16.7. The molecule has 0 fully saturated rings. The van der Waals surface area contributed by atoms with E-state index in [0.29, 0.717) is 17.9 Å². The van der Waals surface area contributed by atoms with E-state index in [1.54, 1.807) is 11.8 Å². The van der Waals surface area contributed by atoms with Gasteiger partial charge in [-0.25, -0.2) is 4.79 Å². The second-order valence-corrected chi connectivity index (χ2v) is 8.17. The van der Waals surface area contributed by atoms with E-state index in [1.165, 1.54) is 16.7 Å². The zero-order valence-corrected chi connectivity index (χ0v) is 15.7. The van der Waals surface area contributed by atoms with Crippen LogP contribution in [0.1, 0.15) is 47.8 Å². The van der Waals surface area contributed by atoms with Crippen LogP contribution >= 0.6 is 11.8 Å². The monoisotopic (exact) mass is 353 g/mol. The molecule has 3 nitrogen and oxygen atoms in total. The Hall–Kier alpha value is -2.07. The standard InChI is InChI=1S/C21H23NO2S/c1-21(2,3)17-10-8-15(9-11-17)20(23)24-12-13-25-19-18-7-5-4-6-16(18)14-22-19/h4-11H,12-14H2,1-3H3. The van der Waals surface area contributed by atoms with E-state index in [2.05, 4.69) is 37.9 Å². The van der Waals surface area contributed by atoms with Crippen molar-refractivity contribution in [1.82, 2.24) is 0 Å². The molecule has 130 valence electrons. The molecule has 0 radical (unpaired) electrons. The van der Waals surface area contributed by atoms with E-state index < -0.39 is 0 Å². The van der Waals surface area contributed by atoms with E-state index in [9.17, 15) is 4.79 Å².